The number of hydrogen-bond donors (Lipinski definition) is 0. The van der Waals surface area contributed by atoms with E-state index in [9.17, 15) is 19.2 Å². The normalized spacial score (nSPS) is 28.8. The van der Waals surface area contributed by atoms with Gasteiger partial charge in [-0.3, -0.25) is 29.0 Å². The lowest BCUT2D eigenvalue weighted by atomic mass is 9.89. The third-order valence-corrected chi connectivity index (χ3v) is 5.68. The fraction of sp³-hybridized carbons (Fsp3) is 0.556. The van der Waals surface area contributed by atoms with E-state index in [0.717, 1.165) is 0 Å². The van der Waals surface area contributed by atoms with Crippen LogP contribution in [-0.4, -0.2) is 45.5 Å². The molecule has 2 aliphatic heterocycles. The molecule has 3 aliphatic rings. The molecule has 3 rings (SSSR count). The molecule has 1 fully saturated rings. The van der Waals surface area contributed by atoms with E-state index in [1.165, 1.54) is 9.80 Å². The fourth-order valence-electron chi connectivity index (χ4n) is 3.79. The lowest BCUT2D eigenvalue weighted by Gasteiger charge is -2.36. The molecule has 1 aliphatic carbocycles. The lowest BCUT2D eigenvalue weighted by Crippen LogP contribution is -2.48. The van der Waals surface area contributed by atoms with Crippen LogP contribution >= 0.6 is 0 Å². The van der Waals surface area contributed by atoms with Gasteiger partial charge in [0, 0.05) is 34.4 Å². The van der Waals surface area contributed by atoms with E-state index in [1.807, 2.05) is 0 Å². The lowest BCUT2D eigenvalue weighted by molar-refractivity contribution is -0.145. The van der Waals surface area contributed by atoms with Crippen LogP contribution in [0.15, 0.2) is 22.3 Å². The average molecular weight is 330 g/mol. The highest BCUT2D eigenvalue weighted by Gasteiger charge is 2.43. The van der Waals surface area contributed by atoms with Crippen molar-refractivity contribution >= 4 is 23.6 Å². The Balaban J connectivity index is 1.68. The number of rotatable bonds is 2. The van der Waals surface area contributed by atoms with Crippen LogP contribution in [0, 0.1) is 0 Å². The molecule has 0 radical (unpaired) electrons. The van der Waals surface area contributed by atoms with Crippen molar-refractivity contribution in [1.82, 2.24) is 9.80 Å². The van der Waals surface area contributed by atoms with Gasteiger partial charge in [-0.2, -0.15) is 0 Å². The monoisotopic (exact) mass is 330 g/mol. The Morgan fingerprint density at radius 2 is 0.750 bits per heavy atom. The molecule has 2 heterocycles. The first kappa shape index (κ1) is 16.6. The van der Waals surface area contributed by atoms with Crippen molar-refractivity contribution in [3.63, 3.8) is 0 Å². The Hall–Kier alpha value is -2.24. The second-order valence-electron chi connectivity index (χ2n) is 6.92. The summed E-state index contributed by atoms with van der Waals surface area (Å²) in [5, 5.41) is 0. The number of carbonyl (C=O) groups excluding carboxylic acids is 4. The Labute approximate surface area is 141 Å². The van der Waals surface area contributed by atoms with Gasteiger partial charge in [0.15, 0.2) is 0 Å². The smallest absolute Gasteiger partial charge is 0.257 e. The zero-order chi connectivity index (χ0) is 17.8. The molecule has 1 saturated carbocycles. The summed E-state index contributed by atoms with van der Waals surface area (Å²) in [6.45, 7) is 6.72. The minimum atomic E-state index is -0.206. The number of nitrogens with zero attached hydrogens (tertiary/aromatic N) is 2. The van der Waals surface area contributed by atoms with Gasteiger partial charge in [0.25, 0.3) is 23.6 Å². The highest BCUT2D eigenvalue weighted by Crippen LogP contribution is 2.34. The summed E-state index contributed by atoms with van der Waals surface area (Å²) >= 11 is 0. The Bertz CT molecular complexity index is 613. The highest BCUT2D eigenvalue weighted by molar-refractivity contribution is 6.19. The molecule has 0 unspecified atom stereocenters. The van der Waals surface area contributed by atoms with Crippen molar-refractivity contribution in [2.75, 3.05) is 0 Å². The average Bonchev–Trinajstić information content (AvgIpc) is 2.88. The van der Waals surface area contributed by atoms with E-state index in [-0.39, 0.29) is 35.7 Å². The van der Waals surface area contributed by atoms with Crippen molar-refractivity contribution in [3.05, 3.63) is 22.3 Å². The minimum absolute atomic E-state index is 0.142. The molecule has 0 spiro atoms. The van der Waals surface area contributed by atoms with Crippen LogP contribution in [0.2, 0.25) is 0 Å². The molecule has 0 saturated heterocycles. The van der Waals surface area contributed by atoms with E-state index < -0.39 is 0 Å². The quantitative estimate of drug-likeness (QED) is 0.722. The maximum Gasteiger partial charge on any atom is 0.257 e. The van der Waals surface area contributed by atoms with Crippen LogP contribution in [0.3, 0.4) is 0 Å². The SMILES string of the molecule is CC1=C(C)C(=O)N(C2CCC(N3C(=O)C(C)=C(C)C3=O)CC2)C1=O. The van der Waals surface area contributed by atoms with Gasteiger partial charge in [0.1, 0.15) is 0 Å². The van der Waals surface area contributed by atoms with E-state index >= 15 is 0 Å². The van der Waals surface area contributed by atoms with Gasteiger partial charge in [0.05, 0.1) is 0 Å². The zero-order valence-corrected chi connectivity index (χ0v) is 14.5. The van der Waals surface area contributed by atoms with E-state index in [0.29, 0.717) is 48.0 Å². The molecule has 24 heavy (non-hydrogen) atoms. The molecule has 0 bridgehead atoms. The molecule has 0 aromatic rings. The van der Waals surface area contributed by atoms with Crippen LogP contribution in [0.1, 0.15) is 53.4 Å². The van der Waals surface area contributed by atoms with E-state index in [2.05, 4.69) is 0 Å². The van der Waals surface area contributed by atoms with Crippen molar-refractivity contribution in [2.45, 2.75) is 65.5 Å². The van der Waals surface area contributed by atoms with Crippen LogP contribution in [0.4, 0.5) is 0 Å². The molecule has 128 valence electrons. The van der Waals surface area contributed by atoms with E-state index in [1.54, 1.807) is 27.7 Å². The van der Waals surface area contributed by atoms with E-state index in [4.69, 9.17) is 0 Å². The van der Waals surface area contributed by atoms with Crippen molar-refractivity contribution in [3.8, 4) is 0 Å². The summed E-state index contributed by atoms with van der Waals surface area (Å²) in [5.41, 5.74) is 2.06. The Kier molecular flexibility index (Phi) is 3.94. The third-order valence-electron chi connectivity index (χ3n) is 5.68. The van der Waals surface area contributed by atoms with Gasteiger partial charge < -0.3 is 0 Å². The second-order valence-corrected chi connectivity index (χ2v) is 6.92. The molecule has 0 aromatic carbocycles. The van der Waals surface area contributed by atoms with Crippen LogP contribution < -0.4 is 0 Å². The maximum absolute atomic E-state index is 12.3. The number of hydrogen-bond acceptors (Lipinski definition) is 4. The van der Waals surface area contributed by atoms with Crippen LogP contribution in [0.5, 0.6) is 0 Å². The summed E-state index contributed by atoms with van der Waals surface area (Å²) < 4.78 is 0. The number of carbonyl (C=O) groups is 4. The summed E-state index contributed by atoms with van der Waals surface area (Å²) in [5.74, 6) is -0.824. The minimum Gasteiger partial charge on any atom is -0.272 e. The number of imide groups is 2. The maximum atomic E-state index is 12.3. The predicted molar refractivity (Wildman–Crippen MR) is 86.5 cm³/mol. The van der Waals surface area contributed by atoms with Gasteiger partial charge >= 0.3 is 0 Å². The summed E-state index contributed by atoms with van der Waals surface area (Å²) in [6, 6.07) is -0.284. The molecule has 4 amide bonds. The largest absolute Gasteiger partial charge is 0.272 e. The van der Waals surface area contributed by atoms with Crippen LogP contribution in [-0.2, 0) is 19.2 Å². The summed E-state index contributed by atoms with van der Waals surface area (Å²) in [7, 11) is 0. The zero-order valence-electron chi connectivity index (χ0n) is 14.5. The molecule has 0 atom stereocenters. The first-order chi connectivity index (χ1) is 11.3. The van der Waals surface area contributed by atoms with Gasteiger partial charge in [-0.15, -0.1) is 0 Å². The molecule has 0 N–H and O–H groups in total. The first-order valence-electron chi connectivity index (χ1n) is 8.36. The predicted octanol–water partition coefficient (Wildman–Crippen LogP) is 1.71. The van der Waals surface area contributed by atoms with Crippen molar-refractivity contribution in [2.24, 2.45) is 0 Å². The molecule has 6 nitrogen and oxygen atoms in total. The van der Waals surface area contributed by atoms with Gasteiger partial charge in [-0.1, -0.05) is 0 Å². The molecular weight excluding hydrogens is 308 g/mol. The first-order valence-corrected chi connectivity index (χ1v) is 8.36. The second kappa shape index (κ2) is 5.69. The summed E-state index contributed by atoms with van der Waals surface area (Å²) in [6.07, 6.45) is 2.49. The fourth-order valence-corrected chi connectivity index (χ4v) is 3.79. The molecule has 0 aromatic heterocycles. The topological polar surface area (TPSA) is 74.8 Å². The summed E-state index contributed by atoms with van der Waals surface area (Å²) in [4.78, 5) is 51.8. The van der Waals surface area contributed by atoms with Crippen molar-refractivity contribution in [1.29, 1.82) is 0 Å². The molecular formula is C18H22N2O4. The number of amides is 4. The van der Waals surface area contributed by atoms with Gasteiger partial charge in [0.2, 0.25) is 0 Å². The van der Waals surface area contributed by atoms with Gasteiger partial charge in [-0.25, -0.2) is 0 Å². The Morgan fingerprint density at radius 3 is 0.958 bits per heavy atom. The van der Waals surface area contributed by atoms with Gasteiger partial charge in [-0.05, 0) is 53.4 Å². The third kappa shape index (κ3) is 2.24. The van der Waals surface area contributed by atoms with Crippen molar-refractivity contribution < 1.29 is 19.2 Å². The highest BCUT2D eigenvalue weighted by atomic mass is 16.2. The van der Waals surface area contributed by atoms with Crippen LogP contribution in [0.25, 0.3) is 0 Å². The standard InChI is InChI=1S/C18H22N2O4/c1-9-10(2)16(22)19(15(9)21)13-5-7-14(8-6-13)20-17(23)11(3)12(4)18(20)24/h13-14H,5-8H2,1-4H3. The Morgan fingerprint density at radius 1 is 0.542 bits per heavy atom. The molecule has 6 heteroatoms.